The number of rotatable bonds is 2. The molecular weight excluding hydrogens is 232 g/mol. The lowest BCUT2D eigenvalue weighted by Gasteiger charge is -2.12. The number of hydrogen-bond acceptors (Lipinski definition) is 6. The summed E-state index contributed by atoms with van der Waals surface area (Å²) in [5, 5.41) is -0.0670. The summed E-state index contributed by atoms with van der Waals surface area (Å²) >= 11 is 5.64. The molecule has 0 fully saturated rings. The molecule has 8 heteroatoms. The molecular formula is C8H11ClN6O. The zero-order chi connectivity index (χ0) is 12.3. The highest BCUT2D eigenvalue weighted by Gasteiger charge is 2.18. The molecule has 86 valence electrons. The Bertz CT molecular complexity index is 446. The van der Waals surface area contributed by atoms with Gasteiger partial charge in [-0.05, 0) is 0 Å². The third kappa shape index (κ3) is 2.31. The molecule has 16 heavy (non-hydrogen) atoms. The van der Waals surface area contributed by atoms with E-state index in [0.717, 1.165) is 0 Å². The van der Waals surface area contributed by atoms with Crippen molar-refractivity contribution in [1.82, 2.24) is 14.9 Å². The second-order valence-corrected chi connectivity index (χ2v) is 3.25. The van der Waals surface area contributed by atoms with Gasteiger partial charge in [0.25, 0.3) is 5.91 Å². The third-order valence-corrected chi connectivity index (χ3v) is 2.02. The first-order valence-corrected chi connectivity index (χ1v) is 4.59. The van der Waals surface area contributed by atoms with Gasteiger partial charge in [0.2, 0.25) is 0 Å². The summed E-state index contributed by atoms with van der Waals surface area (Å²) in [7, 11) is 1.50. The van der Waals surface area contributed by atoms with E-state index in [2.05, 4.69) is 9.97 Å². The fraction of sp³-hybridized carbons (Fsp3) is 0.125. The van der Waals surface area contributed by atoms with Crippen molar-refractivity contribution in [3.05, 3.63) is 23.2 Å². The number of nitrogen functional groups attached to an aromatic ring is 2. The highest BCUT2D eigenvalue weighted by molar-refractivity contribution is 6.31. The van der Waals surface area contributed by atoms with Crippen LogP contribution < -0.4 is 17.2 Å². The third-order valence-electron chi connectivity index (χ3n) is 1.74. The number of nitrogens with zero attached hydrogens (tertiary/aromatic N) is 3. The summed E-state index contributed by atoms with van der Waals surface area (Å²) < 4.78 is 0. The Labute approximate surface area is 96.9 Å². The average Bonchev–Trinajstić information content (AvgIpc) is 2.23. The first-order chi connectivity index (χ1) is 7.47. The second kappa shape index (κ2) is 4.67. The van der Waals surface area contributed by atoms with Gasteiger partial charge in [-0.1, -0.05) is 11.6 Å². The van der Waals surface area contributed by atoms with Gasteiger partial charge in [-0.3, -0.25) is 4.79 Å². The molecule has 0 spiro atoms. The van der Waals surface area contributed by atoms with Crippen molar-refractivity contribution in [2.24, 2.45) is 5.73 Å². The predicted molar refractivity (Wildman–Crippen MR) is 61.3 cm³/mol. The SMILES string of the molecule is CN(/C=C\N)C(=O)c1nc(Cl)c(N)nc1N. The van der Waals surface area contributed by atoms with Gasteiger partial charge < -0.3 is 22.1 Å². The van der Waals surface area contributed by atoms with Gasteiger partial charge in [-0.15, -0.1) is 0 Å². The summed E-state index contributed by atoms with van der Waals surface area (Å²) in [6.45, 7) is 0. The normalized spacial score (nSPS) is 10.6. The first kappa shape index (κ1) is 12.1. The molecule has 0 aliphatic rings. The molecule has 0 bridgehead atoms. The maximum absolute atomic E-state index is 11.8. The predicted octanol–water partition coefficient (Wildman–Crippen LogP) is -0.204. The minimum atomic E-state index is -0.478. The van der Waals surface area contributed by atoms with Crippen molar-refractivity contribution in [3.63, 3.8) is 0 Å². The van der Waals surface area contributed by atoms with E-state index in [-0.39, 0.29) is 22.5 Å². The van der Waals surface area contributed by atoms with Crippen LogP contribution in [0.15, 0.2) is 12.4 Å². The zero-order valence-electron chi connectivity index (χ0n) is 8.51. The lowest BCUT2D eigenvalue weighted by molar-refractivity contribution is 0.0845. The van der Waals surface area contributed by atoms with E-state index >= 15 is 0 Å². The summed E-state index contributed by atoms with van der Waals surface area (Å²) in [6.07, 6.45) is 2.56. The number of amides is 1. The van der Waals surface area contributed by atoms with Gasteiger partial charge >= 0.3 is 0 Å². The zero-order valence-corrected chi connectivity index (χ0v) is 9.27. The number of carbonyl (C=O) groups excluding carboxylic acids is 1. The van der Waals surface area contributed by atoms with E-state index in [4.69, 9.17) is 28.8 Å². The van der Waals surface area contributed by atoms with E-state index in [1.54, 1.807) is 0 Å². The molecule has 7 nitrogen and oxygen atoms in total. The molecule has 0 aliphatic carbocycles. The molecule has 0 radical (unpaired) electrons. The summed E-state index contributed by atoms with van der Waals surface area (Å²) in [5.41, 5.74) is 16.0. The highest BCUT2D eigenvalue weighted by atomic mass is 35.5. The van der Waals surface area contributed by atoms with Crippen LogP contribution in [0.5, 0.6) is 0 Å². The van der Waals surface area contributed by atoms with Crippen LogP contribution in [0.25, 0.3) is 0 Å². The molecule has 1 heterocycles. The molecule has 1 aromatic heterocycles. The van der Waals surface area contributed by atoms with E-state index in [0.29, 0.717) is 0 Å². The Morgan fingerprint density at radius 3 is 2.56 bits per heavy atom. The van der Waals surface area contributed by atoms with Crippen LogP contribution in [-0.2, 0) is 0 Å². The topological polar surface area (TPSA) is 124 Å². The second-order valence-electron chi connectivity index (χ2n) is 2.89. The maximum Gasteiger partial charge on any atom is 0.280 e. The van der Waals surface area contributed by atoms with Crippen LogP contribution in [0.2, 0.25) is 5.15 Å². The first-order valence-electron chi connectivity index (χ1n) is 4.21. The van der Waals surface area contributed by atoms with Gasteiger partial charge in [0.05, 0.1) is 0 Å². The van der Waals surface area contributed by atoms with Crippen molar-refractivity contribution < 1.29 is 4.79 Å². The number of nitrogens with two attached hydrogens (primary N) is 3. The minimum Gasteiger partial charge on any atom is -0.403 e. The van der Waals surface area contributed by atoms with E-state index in [1.165, 1.54) is 24.3 Å². The van der Waals surface area contributed by atoms with Gasteiger partial charge in [0.15, 0.2) is 22.5 Å². The summed E-state index contributed by atoms with van der Waals surface area (Å²) in [4.78, 5) is 20.4. The van der Waals surface area contributed by atoms with E-state index in [1.807, 2.05) is 0 Å². The molecule has 1 amide bonds. The Morgan fingerprint density at radius 1 is 1.38 bits per heavy atom. The largest absolute Gasteiger partial charge is 0.403 e. The molecule has 0 saturated heterocycles. The fourth-order valence-corrected chi connectivity index (χ4v) is 1.09. The number of anilines is 2. The molecule has 1 aromatic rings. The molecule has 0 aromatic carbocycles. The molecule has 0 atom stereocenters. The average molecular weight is 243 g/mol. The summed E-state index contributed by atoms with van der Waals surface area (Å²) in [5.74, 6) is -0.578. The lowest BCUT2D eigenvalue weighted by atomic mass is 10.3. The van der Waals surface area contributed by atoms with Crippen molar-refractivity contribution in [2.45, 2.75) is 0 Å². The number of carbonyl (C=O) groups is 1. The van der Waals surface area contributed by atoms with Gasteiger partial charge in [0.1, 0.15) is 0 Å². The van der Waals surface area contributed by atoms with E-state index in [9.17, 15) is 4.79 Å². The smallest absolute Gasteiger partial charge is 0.280 e. The van der Waals surface area contributed by atoms with Crippen molar-refractivity contribution in [2.75, 3.05) is 18.5 Å². The lowest BCUT2D eigenvalue weighted by Crippen LogP contribution is -2.24. The summed E-state index contributed by atoms with van der Waals surface area (Å²) in [6, 6.07) is 0. The van der Waals surface area contributed by atoms with Crippen LogP contribution in [0.4, 0.5) is 11.6 Å². The molecule has 0 saturated carbocycles. The number of aromatic nitrogens is 2. The molecule has 0 aliphatic heterocycles. The van der Waals surface area contributed by atoms with Crippen LogP contribution in [0.1, 0.15) is 10.5 Å². The Hall–Kier alpha value is -2.02. The number of halogens is 1. The molecule has 0 unspecified atom stereocenters. The quantitative estimate of drug-likeness (QED) is 0.659. The maximum atomic E-state index is 11.8. The van der Waals surface area contributed by atoms with Crippen molar-refractivity contribution in [3.8, 4) is 0 Å². The minimum absolute atomic E-state index is 0.0206. The number of hydrogen-bond donors (Lipinski definition) is 3. The van der Waals surface area contributed by atoms with Crippen molar-refractivity contribution in [1.29, 1.82) is 0 Å². The fourth-order valence-electron chi connectivity index (χ4n) is 0.963. The van der Waals surface area contributed by atoms with Crippen LogP contribution in [0.3, 0.4) is 0 Å². The molecule has 1 rings (SSSR count). The van der Waals surface area contributed by atoms with Crippen molar-refractivity contribution >= 4 is 29.1 Å². The monoisotopic (exact) mass is 242 g/mol. The van der Waals surface area contributed by atoms with Crippen LogP contribution in [-0.4, -0.2) is 27.8 Å². The van der Waals surface area contributed by atoms with E-state index < -0.39 is 5.91 Å². The molecule has 6 N–H and O–H groups in total. The van der Waals surface area contributed by atoms with Crippen LogP contribution >= 0.6 is 11.6 Å². The Balaban J connectivity index is 3.14. The van der Waals surface area contributed by atoms with Gasteiger partial charge in [-0.2, -0.15) is 0 Å². The van der Waals surface area contributed by atoms with Crippen LogP contribution in [0, 0.1) is 0 Å². The van der Waals surface area contributed by atoms with Gasteiger partial charge in [-0.25, -0.2) is 9.97 Å². The Kier molecular flexibility index (Phi) is 3.51. The Morgan fingerprint density at radius 2 is 2.00 bits per heavy atom. The highest BCUT2D eigenvalue weighted by Crippen LogP contribution is 2.18. The van der Waals surface area contributed by atoms with Gasteiger partial charge in [0, 0.05) is 19.4 Å². The standard InChI is InChI=1S/C8H11ClN6O/c1-15(3-2-10)8(16)4-6(11)14-7(12)5(9)13-4/h2-3H,10H2,1H3,(H4,11,12,14)/b3-2-.